The quantitative estimate of drug-likeness (QED) is 0.371. The minimum atomic E-state index is -0.685. The number of esters is 1. The third-order valence-corrected chi connectivity index (χ3v) is 2.67. The summed E-state index contributed by atoms with van der Waals surface area (Å²) in [6.07, 6.45) is 0. The third kappa shape index (κ3) is 3.53. The smallest absolute Gasteiger partial charge is 0.345 e. The van der Waals surface area contributed by atoms with Crippen molar-refractivity contribution >= 4 is 27.6 Å². The van der Waals surface area contributed by atoms with Gasteiger partial charge in [-0.2, -0.15) is 0 Å². The molecule has 5 nitrogen and oxygen atoms in total. The van der Waals surface area contributed by atoms with E-state index in [0.29, 0.717) is 10.9 Å². The molecule has 0 amide bonds. The summed E-state index contributed by atoms with van der Waals surface area (Å²) in [6.45, 7) is 5.14. The van der Waals surface area contributed by atoms with E-state index in [2.05, 4.69) is 15.9 Å². The van der Waals surface area contributed by atoms with Gasteiger partial charge in [0.25, 0.3) is 5.69 Å². The number of hydrogen-bond donors (Lipinski definition) is 0. The van der Waals surface area contributed by atoms with Gasteiger partial charge in [-0.3, -0.25) is 10.1 Å². The van der Waals surface area contributed by atoms with Crippen LogP contribution in [0.3, 0.4) is 0 Å². The highest BCUT2D eigenvalue weighted by atomic mass is 79.9. The lowest BCUT2D eigenvalue weighted by atomic mass is 10.1. The van der Waals surface area contributed by atoms with Crippen LogP contribution in [-0.2, 0) is 10.1 Å². The maximum Gasteiger partial charge on any atom is 0.345 e. The molecule has 0 aliphatic rings. The van der Waals surface area contributed by atoms with Crippen LogP contribution in [0.25, 0.3) is 0 Å². The van der Waals surface area contributed by atoms with Gasteiger partial charge >= 0.3 is 5.97 Å². The molecule has 0 fully saturated rings. The maximum atomic E-state index is 11.9. The van der Waals surface area contributed by atoms with Crippen LogP contribution in [0.2, 0.25) is 0 Å². The average Bonchev–Trinajstić information content (AvgIpc) is 2.25. The van der Waals surface area contributed by atoms with Crippen molar-refractivity contribution in [1.29, 1.82) is 0 Å². The maximum absolute atomic E-state index is 11.9. The topological polar surface area (TPSA) is 69.4 Å². The van der Waals surface area contributed by atoms with E-state index in [4.69, 9.17) is 4.74 Å². The zero-order valence-corrected chi connectivity index (χ0v) is 12.0. The number of carbonyl (C=O) groups is 1. The molecule has 0 spiro atoms. The molecule has 0 heterocycles. The molecular weight excluding hydrogens is 302 g/mol. The first-order valence-corrected chi connectivity index (χ1v) is 6.44. The van der Waals surface area contributed by atoms with Crippen molar-refractivity contribution in [3.63, 3.8) is 0 Å². The summed E-state index contributed by atoms with van der Waals surface area (Å²) >= 11 is 3.16. The largest absolute Gasteiger partial charge is 0.456 e. The molecule has 0 atom stereocenters. The van der Waals surface area contributed by atoms with Crippen LogP contribution in [0.5, 0.6) is 0 Å². The van der Waals surface area contributed by atoms with Gasteiger partial charge in [0.15, 0.2) is 0 Å². The Bertz CT molecular complexity index is 479. The summed E-state index contributed by atoms with van der Waals surface area (Å²) in [5.74, 6) is -0.683. The first kappa shape index (κ1) is 14.6. The molecule has 1 aromatic carbocycles. The molecule has 98 valence electrons. The first-order chi connectivity index (χ1) is 8.26. The van der Waals surface area contributed by atoms with Gasteiger partial charge in [0.05, 0.1) is 4.92 Å². The molecule has 0 aromatic heterocycles. The van der Waals surface area contributed by atoms with E-state index in [1.165, 1.54) is 6.07 Å². The predicted molar refractivity (Wildman–Crippen MR) is 70.9 cm³/mol. The molecule has 0 saturated heterocycles. The van der Waals surface area contributed by atoms with Crippen molar-refractivity contribution in [3.8, 4) is 0 Å². The molecule has 0 unspecified atom stereocenters. The SMILES string of the molecule is CC(C)(C)OC(=O)c1cccc(CBr)c1[N+](=O)[O-]. The number of nitro groups is 1. The predicted octanol–water partition coefficient (Wildman–Crippen LogP) is 3.45. The minimum absolute atomic E-state index is 0.0214. The van der Waals surface area contributed by atoms with Crippen LogP contribution in [-0.4, -0.2) is 16.5 Å². The highest BCUT2D eigenvalue weighted by molar-refractivity contribution is 9.08. The number of para-hydroxylation sites is 1. The molecule has 0 saturated carbocycles. The summed E-state index contributed by atoms with van der Waals surface area (Å²) in [5.41, 5.74) is -0.464. The van der Waals surface area contributed by atoms with Crippen LogP contribution in [0.1, 0.15) is 36.7 Å². The van der Waals surface area contributed by atoms with Crippen molar-refractivity contribution in [2.24, 2.45) is 0 Å². The summed E-state index contributed by atoms with van der Waals surface area (Å²) < 4.78 is 5.16. The molecule has 0 aliphatic heterocycles. The monoisotopic (exact) mass is 315 g/mol. The molecule has 0 aliphatic carbocycles. The highest BCUT2D eigenvalue weighted by Gasteiger charge is 2.27. The number of ether oxygens (including phenoxy) is 1. The van der Waals surface area contributed by atoms with Gasteiger partial charge in [-0.1, -0.05) is 28.1 Å². The van der Waals surface area contributed by atoms with E-state index < -0.39 is 16.5 Å². The van der Waals surface area contributed by atoms with Crippen molar-refractivity contribution < 1.29 is 14.5 Å². The summed E-state index contributed by atoms with van der Waals surface area (Å²) in [5, 5.41) is 11.4. The Hall–Kier alpha value is -1.43. The van der Waals surface area contributed by atoms with E-state index in [1.807, 2.05) is 0 Å². The highest BCUT2D eigenvalue weighted by Crippen LogP contribution is 2.27. The average molecular weight is 316 g/mol. The van der Waals surface area contributed by atoms with E-state index in [0.717, 1.165) is 0 Å². The van der Waals surface area contributed by atoms with E-state index >= 15 is 0 Å². The molecule has 18 heavy (non-hydrogen) atoms. The van der Waals surface area contributed by atoms with Crippen LogP contribution >= 0.6 is 15.9 Å². The van der Waals surface area contributed by atoms with Crippen molar-refractivity contribution in [3.05, 3.63) is 39.4 Å². The number of benzene rings is 1. The van der Waals surface area contributed by atoms with Gasteiger partial charge in [0.1, 0.15) is 11.2 Å². The van der Waals surface area contributed by atoms with Crippen LogP contribution < -0.4 is 0 Å². The molecular formula is C12H14BrNO4. The molecule has 1 aromatic rings. The van der Waals surface area contributed by atoms with Crippen molar-refractivity contribution in [2.75, 3.05) is 0 Å². The van der Waals surface area contributed by atoms with Gasteiger partial charge in [-0.25, -0.2) is 4.79 Å². The fourth-order valence-corrected chi connectivity index (χ4v) is 1.87. The second-order valence-corrected chi connectivity index (χ2v) is 5.27. The zero-order valence-electron chi connectivity index (χ0n) is 10.4. The van der Waals surface area contributed by atoms with E-state index in [-0.39, 0.29) is 11.3 Å². The lowest BCUT2D eigenvalue weighted by Crippen LogP contribution is -2.24. The standard InChI is InChI=1S/C12H14BrNO4/c1-12(2,3)18-11(15)9-6-4-5-8(7-13)10(9)14(16)17/h4-6H,7H2,1-3H3. The molecule has 0 N–H and O–H groups in total. The number of halogens is 1. The zero-order chi connectivity index (χ0) is 13.9. The van der Waals surface area contributed by atoms with Gasteiger partial charge < -0.3 is 4.74 Å². The minimum Gasteiger partial charge on any atom is -0.456 e. The lowest BCUT2D eigenvalue weighted by Gasteiger charge is -2.19. The second-order valence-electron chi connectivity index (χ2n) is 4.71. The van der Waals surface area contributed by atoms with Gasteiger partial charge in [-0.05, 0) is 26.8 Å². The fraction of sp³-hybridized carbons (Fsp3) is 0.417. The molecule has 1 rings (SSSR count). The Kier molecular flexibility index (Phi) is 4.45. The first-order valence-electron chi connectivity index (χ1n) is 5.32. The van der Waals surface area contributed by atoms with Crippen LogP contribution in [0.4, 0.5) is 5.69 Å². The molecule has 6 heteroatoms. The number of carbonyl (C=O) groups excluding carboxylic acids is 1. The summed E-state index contributed by atoms with van der Waals surface area (Å²) in [4.78, 5) is 22.4. The Balaban J connectivity index is 3.24. The number of rotatable bonds is 3. The lowest BCUT2D eigenvalue weighted by molar-refractivity contribution is -0.385. The Morgan fingerprint density at radius 2 is 2.06 bits per heavy atom. The molecule has 0 radical (unpaired) electrons. The number of nitro benzene ring substituents is 1. The number of nitrogens with zero attached hydrogens (tertiary/aromatic N) is 1. The Labute approximate surface area is 113 Å². The van der Waals surface area contributed by atoms with Crippen LogP contribution in [0, 0.1) is 10.1 Å². The Morgan fingerprint density at radius 3 is 2.50 bits per heavy atom. The van der Waals surface area contributed by atoms with Gasteiger partial charge in [0, 0.05) is 10.9 Å². The van der Waals surface area contributed by atoms with Crippen molar-refractivity contribution in [1.82, 2.24) is 0 Å². The van der Waals surface area contributed by atoms with E-state index in [9.17, 15) is 14.9 Å². The van der Waals surface area contributed by atoms with Gasteiger partial charge in [-0.15, -0.1) is 0 Å². The summed E-state index contributed by atoms with van der Waals surface area (Å²) in [7, 11) is 0. The van der Waals surface area contributed by atoms with Crippen molar-refractivity contribution in [2.45, 2.75) is 31.7 Å². The van der Waals surface area contributed by atoms with E-state index in [1.54, 1.807) is 32.9 Å². The number of alkyl halides is 1. The third-order valence-electron chi connectivity index (χ3n) is 2.06. The second kappa shape index (κ2) is 5.48. The van der Waals surface area contributed by atoms with Gasteiger partial charge in [0.2, 0.25) is 0 Å². The number of hydrogen-bond acceptors (Lipinski definition) is 4. The fourth-order valence-electron chi connectivity index (χ4n) is 1.41. The Morgan fingerprint density at radius 1 is 1.44 bits per heavy atom. The normalized spacial score (nSPS) is 11.1. The molecule has 0 bridgehead atoms. The summed E-state index contributed by atoms with van der Waals surface area (Å²) in [6, 6.07) is 4.60. The van der Waals surface area contributed by atoms with Crippen LogP contribution in [0.15, 0.2) is 18.2 Å².